The number of carbonyl (C=O) groups is 2. The summed E-state index contributed by atoms with van der Waals surface area (Å²) in [5, 5.41) is 20.3. The Bertz CT molecular complexity index is 419. The normalized spacial score (nSPS) is 9.81. The summed E-state index contributed by atoms with van der Waals surface area (Å²) in [6, 6.07) is 4.20. The third-order valence-electron chi connectivity index (χ3n) is 1.87. The van der Waals surface area contributed by atoms with Crippen LogP contribution < -0.4 is 5.32 Å². The summed E-state index contributed by atoms with van der Waals surface area (Å²) >= 11 is 5.81. The number of halogens is 1. The van der Waals surface area contributed by atoms with E-state index >= 15 is 0 Å². The van der Waals surface area contributed by atoms with Gasteiger partial charge in [0.05, 0.1) is 22.7 Å². The average Bonchev–Trinajstić information content (AvgIpc) is 2.20. The molecular weight excluding hydrogens is 234 g/mol. The first-order valence-electron chi connectivity index (χ1n) is 4.49. The highest BCUT2D eigenvalue weighted by Crippen LogP contribution is 2.22. The number of aliphatic carboxylic acids is 1. The summed E-state index contributed by atoms with van der Waals surface area (Å²) in [6.07, 6.45) is -0.0619. The second-order valence-electron chi connectivity index (χ2n) is 3.07. The molecule has 0 bridgehead atoms. The molecule has 0 radical (unpaired) electrons. The van der Waals surface area contributed by atoms with Gasteiger partial charge in [0, 0.05) is 6.54 Å². The van der Waals surface area contributed by atoms with Crippen LogP contribution in [0.3, 0.4) is 0 Å². The van der Waals surface area contributed by atoms with Crippen molar-refractivity contribution < 1.29 is 19.8 Å². The van der Waals surface area contributed by atoms with Gasteiger partial charge in [-0.15, -0.1) is 0 Å². The van der Waals surface area contributed by atoms with E-state index < -0.39 is 11.9 Å². The van der Waals surface area contributed by atoms with Gasteiger partial charge in [0.25, 0.3) is 0 Å². The zero-order chi connectivity index (χ0) is 12.1. The molecule has 0 spiro atoms. The largest absolute Gasteiger partial charge is 0.481 e. The minimum Gasteiger partial charge on any atom is -0.481 e. The fourth-order valence-corrected chi connectivity index (χ4v) is 1.28. The number of rotatable bonds is 5. The van der Waals surface area contributed by atoms with Gasteiger partial charge in [0.1, 0.15) is 0 Å². The molecule has 86 valence electrons. The number of nitrogens with one attached hydrogen (secondary N) is 1. The van der Waals surface area contributed by atoms with Crippen molar-refractivity contribution in [3.63, 3.8) is 0 Å². The van der Waals surface area contributed by atoms with Crippen LogP contribution in [-0.4, -0.2) is 28.7 Å². The monoisotopic (exact) mass is 243 g/mol. The number of hydrogen-bond donors (Lipinski definition) is 3. The fraction of sp³-hybridized carbons (Fsp3) is 0.200. The van der Waals surface area contributed by atoms with E-state index in [2.05, 4.69) is 5.32 Å². The zero-order valence-corrected chi connectivity index (χ0v) is 8.99. The van der Waals surface area contributed by atoms with Gasteiger partial charge in [-0.05, 0) is 18.2 Å². The molecular formula is C10H10ClNO4. The van der Waals surface area contributed by atoms with Gasteiger partial charge in [-0.2, -0.15) is 0 Å². The lowest BCUT2D eigenvalue weighted by atomic mass is 10.2. The van der Waals surface area contributed by atoms with E-state index in [1.54, 1.807) is 0 Å². The molecule has 0 atom stereocenters. The standard InChI is InChI=1S/C10H10ClNO4/c11-7-2-1-6(10(15)16)5-8(7)12-4-3-9(13)14/h1-2,5,12H,3-4H2,(H,13,14)(H,15,16). The number of carboxylic acids is 2. The van der Waals surface area contributed by atoms with Gasteiger partial charge >= 0.3 is 11.9 Å². The molecule has 0 heterocycles. The second kappa shape index (κ2) is 5.37. The second-order valence-corrected chi connectivity index (χ2v) is 3.48. The van der Waals surface area contributed by atoms with E-state index in [1.807, 2.05) is 0 Å². The van der Waals surface area contributed by atoms with E-state index in [0.717, 1.165) is 0 Å². The van der Waals surface area contributed by atoms with Crippen LogP contribution in [0.4, 0.5) is 5.69 Å². The lowest BCUT2D eigenvalue weighted by Gasteiger charge is -2.07. The first kappa shape index (κ1) is 12.3. The van der Waals surface area contributed by atoms with Crippen molar-refractivity contribution in [2.45, 2.75) is 6.42 Å². The van der Waals surface area contributed by atoms with Crippen molar-refractivity contribution in [3.8, 4) is 0 Å². The quantitative estimate of drug-likeness (QED) is 0.736. The lowest BCUT2D eigenvalue weighted by Crippen LogP contribution is -2.08. The first-order chi connectivity index (χ1) is 7.50. The van der Waals surface area contributed by atoms with Gasteiger partial charge in [-0.25, -0.2) is 4.79 Å². The molecule has 5 nitrogen and oxygen atoms in total. The minimum absolute atomic E-state index is 0.0619. The van der Waals surface area contributed by atoms with Gasteiger partial charge in [-0.1, -0.05) is 11.6 Å². The molecule has 1 rings (SSSR count). The lowest BCUT2D eigenvalue weighted by molar-refractivity contribution is -0.136. The fourth-order valence-electron chi connectivity index (χ4n) is 1.10. The van der Waals surface area contributed by atoms with Crippen LogP contribution in [0.5, 0.6) is 0 Å². The van der Waals surface area contributed by atoms with Gasteiger partial charge < -0.3 is 15.5 Å². The Hall–Kier alpha value is -1.75. The molecule has 0 aliphatic rings. The van der Waals surface area contributed by atoms with Crippen LogP contribution >= 0.6 is 11.6 Å². The maximum Gasteiger partial charge on any atom is 0.335 e. The van der Waals surface area contributed by atoms with E-state index in [-0.39, 0.29) is 18.5 Å². The highest BCUT2D eigenvalue weighted by molar-refractivity contribution is 6.33. The number of anilines is 1. The predicted octanol–water partition coefficient (Wildman–Crippen LogP) is 1.92. The van der Waals surface area contributed by atoms with Gasteiger partial charge in [0.2, 0.25) is 0 Å². The van der Waals surface area contributed by atoms with Crippen molar-refractivity contribution in [2.24, 2.45) is 0 Å². The number of benzene rings is 1. The van der Waals surface area contributed by atoms with Crippen LogP contribution in [-0.2, 0) is 4.79 Å². The van der Waals surface area contributed by atoms with Crippen LogP contribution in [0.1, 0.15) is 16.8 Å². The molecule has 0 aliphatic carbocycles. The number of hydrogen-bond acceptors (Lipinski definition) is 3. The molecule has 0 amide bonds. The average molecular weight is 244 g/mol. The maximum atomic E-state index is 10.7. The third-order valence-corrected chi connectivity index (χ3v) is 2.20. The minimum atomic E-state index is -1.06. The van der Waals surface area contributed by atoms with Crippen LogP contribution in [0.15, 0.2) is 18.2 Å². The third kappa shape index (κ3) is 3.43. The number of aromatic carboxylic acids is 1. The SMILES string of the molecule is O=C(O)CCNc1cc(C(=O)O)ccc1Cl. The van der Waals surface area contributed by atoms with Gasteiger partial charge in [0.15, 0.2) is 0 Å². The summed E-state index contributed by atoms with van der Waals surface area (Å²) in [7, 11) is 0. The van der Waals surface area contributed by atoms with E-state index in [4.69, 9.17) is 21.8 Å². The van der Waals surface area contributed by atoms with E-state index in [9.17, 15) is 9.59 Å². The highest BCUT2D eigenvalue weighted by atomic mass is 35.5. The predicted molar refractivity (Wildman–Crippen MR) is 59.2 cm³/mol. The van der Waals surface area contributed by atoms with Crippen molar-refractivity contribution in [1.82, 2.24) is 0 Å². The summed E-state index contributed by atoms with van der Waals surface area (Å²) in [5.74, 6) is -1.99. The first-order valence-corrected chi connectivity index (χ1v) is 4.87. The van der Waals surface area contributed by atoms with Crippen molar-refractivity contribution >= 4 is 29.2 Å². The molecule has 1 aromatic carbocycles. The molecule has 16 heavy (non-hydrogen) atoms. The Morgan fingerprint density at radius 2 is 2.00 bits per heavy atom. The Labute approximate surface area is 96.7 Å². The van der Waals surface area contributed by atoms with Crippen molar-refractivity contribution in [1.29, 1.82) is 0 Å². The highest BCUT2D eigenvalue weighted by Gasteiger charge is 2.07. The van der Waals surface area contributed by atoms with Crippen molar-refractivity contribution in [3.05, 3.63) is 28.8 Å². The molecule has 0 unspecified atom stereocenters. The van der Waals surface area contributed by atoms with Crippen LogP contribution in [0.25, 0.3) is 0 Å². The molecule has 1 aromatic rings. The maximum absolute atomic E-state index is 10.7. The molecule has 6 heteroatoms. The number of carboxylic acid groups (broad SMARTS) is 2. The Morgan fingerprint density at radius 1 is 1.31 bits per heavy atom. The molecule has 0 saturated carbocycles. The molecule has 0 aromatic heterocycles. The topological polar surface area (TPSA) is 86.6 Å². The summed E-state index contributed by atoms with van der Waals surface area (Å²) in [4.78, 5) is 21.0. The van der Waals surface area contributed by atoms with Crippen LogP contribution in [0.2, 0.25) is 5.02 Å². The Balaban J connectivity index is 2.74. The molecule has 0 saturated heterocycles. The zero-order valence-electron chi connectivity index (χ0n) is 8.24. The Kier molecular flexibility index (Phi) is 4.13. The summed E-state index contributed by atoms with van der Waals surface area (Å²) in [5.41, 5.74) is 0.519. The Morgan fingerprint density at radius 3 is 2.56 bits per heavy atom. The molecule has 0 aliphatic heterocycles. The van der Waals surface area contributed by atoms with Gasteiger partial charge in [-0.3, -0.25) is 4.79 Å². The van der Waals surface area contributed by atoms with Crippen LogP contribution in [0, 0.1) is 0 Å². The summed E-state index contributed by atoms with van der Waals surface area (Å²) in [6.45, 7) is 0.193. The van der Waals surface area contributed by atoms with E-state index in [0.29, 0.717) is 10.7 Å². The molecule has 0 fully saturated rings. The molecule has 3 N–H and O–H groups in total. The van der Waals surface area contributed by atoms with E-state index in [1.165, 1.54) is 18.2 Å². The smallest absolute Gasteiger partial charge is 0.335 e. The summed E-state index contributed by atoms with van der Waals surface area (Å²) < 4.78 is 0. The van der Waals surface area contributed by atoms with Crippen molar-refractivity contribution in [2.75, 3.05) is 11.9 Å².